The Morgan fingerprint density at radius 3 is 2.52 bits per heavy atom. The van der Waals surface area contributed by atoms with Crippen LogP contribution in [0.2, 0.25) is 0 Å². The van der Waals surface area contributed by atoms with Crippen LogP contribution >= 0.6 is 0 Å². The molecule has 4 nitrogen and oxygen atoms in total. The zero-order valence-corrected chi connectivity index (χ0v) is 14.3. The highest BCUT2D eigenvalue weighted by molar-refractivity contribution is 5.69. The van der Waals surface area contributed by atoms with Gasteiger partial charge in [0.1, 0.15) is 5.82 Å². The maximum Gasteiger partial charge on any atom is 0.317 e. The number of carboxylic acid groups (broad SMARTS) is 1. The largest absolute Gasteiger partial charge is 0.480 e. The van der Waals surface area contributed by atoms with Crippen LogP contribution in [0.5, 0.6) is 0 Å². The number of rotatable bonds is 5. The van der Waals surface area contributed by atoms with E-state index in [4.69, 9.17) is 5.11 Å². The molecule has 1 heterocycles. The van der Waals surface area contributed by atoms with Crippen LogP contribution in [-0.2, 0) is 4.79 Å². The second-order valence-electron chi connectivity index (χ2n) is 6.58. The summed E-state index contributed by atoms with van der Waals surface area (Å²) >= 11 is 0. The quantitative estimate of drug-likeness (QED) is 0.907. The van der Waals surface area contributed by atoms with Crippen LogP contribution in [0.4, 0.5) is 4.39 Å². The van der Waals surface area contributed by atoms with E-state index in [0.29, 0.717) is 6.54 Å². The lowest BCUT2D eigenvalue weighted by atomic mass is 9.95. The van der Waals surface area contributed by atoms with Gasteiger partial charge in [-0.1, -0.05) is 42.5 Å². The number of hydrogen-bond acceptors (Lipinski definition) is 3. The highest BCUT2D eigenvalue weighted by atomic mass is 19.1. The number of benzene rings is 2. The first-order valence-corrected chi connectivity index (χ1v) is 8.55. The fourth-order valence-electron chi connectivity index (χ4n) is 3.59. The van der Waals surface area contributed by atoms with Crippen molar-refractivity contribution in [2.24, 2.45) is 0 Å². The number of aliphatic carboxylic acids is 1. The monoisotopic (exact) mass is 342 g/mol. The molecule has 2 aromatic carbocycles. The molecule has 1 aliphatic rings. The van der Waals surface area contributed by atoms with Gasteiger partial charge in [0.15, 0.2) is 0 Å². The van der Waals surface area contributed by atoms with Gasteiger partial charge in [-0.15, -0.1) is 0 Å². The highest BCUT2D eigenvalue weighted by Gasteiger charge is 2.31. The van der Waals surface area contributed by atoms with E-state index >= 15 is 0 Å². The fraction of sp³-hybridized carbons (Fsp3) is 0.350. The van der Waals surface area contributed by atoms with Gasteiger partial charge in [0.25, 0.3) is 0 Å². The van der Waals surface area contributed by atoms with Crippen LogP contribution in [0.25, 0.3) is 0 Å². The summed E-state index contributed by atoms with van der Waals surface area (Å²) in [6, 6.07) is 16.9. The second kappa shape index (κ2) is 7.76. The summed E-state index contributed by atoms with van der Waals surface area (Å²) in [5.74, 6) is -1.04. The molecule has 1 saturated heterocycles. The Balaban J connectivity index is 1.87. The first-order valence-electron chi connectivity index (χ1n) is 8.55. The maximum atomic E-state index is 13.8. The smallest absolute Gasteiger partial charge is 0.317 e. The minimum absolute atomic E-state index is 0.0358. The van der Waals surface area contributed by atoms with E-state index in [0.717, 1.165) is 24.2 Å². The molecule has 0 aromatic heterocycles. The molecule has 0 spiro atoms. The molecule has 2 aromatic rings. The van der Waals surface area contributed by atoms with Crippen molar-refractivity contribution in [3.8, 4) is 0 Å². The number of piperazine rings is 1. The molecule has 0 aliphatic carbocycles. The van der Waals surface area contributed by atoms with E-state index in [-0.39, 0.29) is 24.4 Å². The summed E-state index contributed by atoms with van der Waals surface area (Å²) in [4.78, 5) is 15.3. The molecular weight excluding hydrogens is 319 g/mol. The molecule has 1 N–H and O–H groups in total. The summed E-state index contributed by atoms with van der Waals surface area (Å²) in [7, 11) is 0. The molecule has 25 heavy (non-hydrogen) atoms. The fourth-order valence-corrected chi connectivity index (χ4v) is 3.59. The Morgan fingerprint density at radius 1 is 1.16 bits per heavy atom. The maximum absolute atomic E-state index is 13.8. The number of hydrogen-bond donors (Lipinski definition) is 1. The molecule has 0 bridgehead atoms. The summed E-state index contributed by atoms with van der Waals surface area (Å²) in [6.45, 7) is 4.27. The van der Waals surface area contributed by atoms with Crippen molar-refractivity contribution >= 4 is 5.97 Å². The zero-order valence-electron chi connectivity index (χ0n) is 14.3. The van der Waals surface area contributed by atoms with E-state index in [1.807, 2.05) is 36.1 Å². The molecule has 1 aliphatic heterocycles. The first-order chi connectivity index (χ1) is 12.0. The highest BCUT2D eigenvalue weighted by Crippen LogP contribution is 2.31. The van der Waals surface area contributed by atoms with Crippen molar-refractivity contribution in [1.82, 2.24) is 9.80 Å². The van der Waals surface area contributed by atoms with Crippen molar-refractivity contribution in [3.05, 3.63) is 71.5 Å². The van der Waals surface area contributed by atoms with E-state index in [9.17, 15) is 9.18 Å². The van der Waals surface area contributed by atoms with Crippen LogP contribution in [0.3, 0.4) is 0 Å². The van der Waals surface area contributed by atoms with Gasteiger partial charge >= 0.3 is 5.97 Å². The molecule has 2 atom stereocenters. The number of carboxylic acids is 1. The molecule has 132 valence electrons. The van der Waals surface area contributed by atoms with E-state index in [1.54, 1.807) is 12.1 Å². The zero-order chi connectivity index (χ0) is 17.8. The Labute approximate surface area is 147 Å². The summed E-state index contributed by atoms with van der Waals surface area (Å²) < 4.78 is 13.8. The van der Waals surface area contributed by atoms with Crippen molar-refractivity contribution < 1.29 is 14.3 Å². The van der Waals surface area contributed by atoms with Gasteiger partial charge < -0.3 is 5.11 Å². The van der Waals surface area contributed by atoms with Crippen molar-refractivity contribution in [3.63, 3.8) is 0 Å². The lowest BCUT2D eigenvalue weighted by Gasteiger charge is -2.43. The van der Waals surface area contributed by atoms with E-state index < -0.39 is 5.97 Å². The lowest BCUT2D eigenvalue weighted by Crippen LogP contribution is -2.54. The van der Waals surface area contributed by atoms with Crippen LogP contribution < -0.4 is 0 Å². The van der Waals surface area contributed by atoms with Gasteiger partial charge in [0.2, 0.25) is 0 Å². The summed E-state index contributed by atoms with van der Waals surface area (Å²) in [5.41, 5.74) is 2.04. The predicted octanol–water partition coefficient (Wildman–Crippen LogP) is 3.01. The molecular formula is C20H23FN2O2. The Morgan fingerprint density at radius 2 is 1.88 bits per heavy atom. The minimum atomic E-state index is -0.801. The molecule has 0 radical (unpaired) electrons. The predicted molar refractivity (Wildman–Crippen MR) is 94.9 cm³/mol. The van der Waals surface area contributed by atoms with Gasteiger partial charge in [-0.3, -0.25) is 14.6 Å². The molecule has 0 amide bonds. The third-order valence-corrected chi connectivity index (χ3v) is 4.78. The van der Waals surface area contributed by atoms with Crippen molar-refractivity contribution in [1.29, 1.82) is 0 Å². The van der Waals surface area contributed by atoms with Crippen molar-refractivity contribution in [2.45, 2.75) is 19.0 Å². The SMILES string of the molecule is C[C@@H]1CN([C@H](c2ccccc2)c2cccc(F)c2)CCN1CC(=O)O. The summed E-state index contributed by atoms with van der Waals surface area (Å²) in [6.07, 6.45) is 0. The summed E-state index contributed by atoms with van der Waals surface area (Å²) in [5, 5.41) is 9.05. The topological polar surface area (TPSA) is 43.8 Å². The Kier molecular flexibility index (Phi) is 5.46. The molecule has 0 saturated carbocycles. The van der Waals surface area contributed by atoms with Gasteiger partial charge in [-0.05, 0) is 30.2 Å². The third-order valence-electron chi connectivity index (χ3n) is 4.78. The second-order valence-corrected chi connectivity index (χ2v) is 6.58. The van der Waals surface area contributed by atoms with Crippen LogP contribution in [0.15, 0.2) is 54.6 Å². The molecule has 0 unspecified atom stereocenters. The van der Waals surface area contributed by atoms with Crippen LogP contribution in [0, 0.1) is 5.82 Å². The Hall–Kier alpha value is -2.24. The van der Waals surface area contributed by atoms with Crippen molar-refractivity contribution in [2.75, 3.05) is 26.2 Å². The lowest BCUT2D eigenvalue weighted by molar-refractivity contribution is -0.139. The van der Waals surface area contributed by atoms with Gasteiger partial charge in [-0.2, -0.15) is 0 Å². The number of carbonyl (C=O) groups is 1. The average Bonchev–Trinajstić information content (AvgIpc) is 2.58. The van der Waals surface area contributed by atoms with Crippen LogP contribution in [-0.4, -0.2) is 53.1 Å². The van der Waals surface area contributed by atoms with Gasteiger partial charge in [0, 0.05) is 25.7 Å². The normalized spacial score (nSPS) is 20.3. The van der Waals surface area contributed by atoms with E-state index in [2.05, 4.69) is 17.0 Å². The molecule has 3 rings (SSSR count). The van der Waals surface area contributed by atoms with Gasteiger partial charge in [-0.25, -0.2) is 4.39 Å². The molecule has 5 heteroatoms. The first kappa shape index (κ1) is 17.6. The van der Waals surface area contributed by atoms with Crippen LogP contribution in [0.1, 0.15) is 24.1 Å². The Bertz CT molecular complexity index is 723. The van der Waals surface area contributed by atoms with Gasteiger partial charge in [0.05, 0.1) is 12.6 Å². The number of nitrogens with zero attached hydrogens (tertiary/aromatic N) is 2. The minimum Gasteiger partial charge on any atom is -0.480 e. The average molecular weight is 342 g/mol. The molecule has 1 fully saturated rings. The third kappa shape index (κ3) is 4.24. The standard InChI is InChI=1S/C20H23FN2O2/c1-15-13-23(11-10-22(15)14-19(24)25)20(16-6-3-2-4-7-16)17-8-5-9-18(21)12-17/h2-9,12,15,20H,10-11,13-14H2,1H3,(H,24,25)/t15-,20-/m1/s1. The van der Waals surface area contributed by atoms with E-state index in [1.165, 1.54) is 6.07 Å². The number of halogens is 1.